The van der Waals surface area contributed by atoms with Crippen molar-refractivity contribution >= 4 is 22.7 Å². The van der Waals surface area contributed by atoms with Crippen molar-refractivity contribution in [3.63, 3.8) is 0 Å². The van der Waals surface area contributed by atoms with Gasteiger partial charge in [0.1, 0.15) is 11.3 Å². The van der Waals surface area contributed by atoms with E-state index in [4.69, 9.17) is 9.97 Å². The molecule has 0 fully saturated rings. The van der Waals surface area contributed by atoms with E-state index in [2.05, 4.69) is 48.7 Å². The lowest BCUT2D eigenvalue weighted by Gasteiger charge is -2.14. The van der Waals surface area contributed by atoms with Crippen molar-refractivity contribution in [3.8, 4) is 0 Å². The maximum Gasteiger partial charge on any atom is 0.328 e. The molecule has 0 unspecified atom stereocenters. The van der Waals surface area contributed by atoms with Gasteiger partial charge in [0.05, 0.1) is 6.54 Å². The second-order valence-electron chi connectivity index (χ2n) is 8.77. The van der Waals surface area contributed by atoms with Crippen LogP contribution in [0.25, 0.3) is 16.7 Å². The van der Waals surface area contributed by atoms with Crippen molar-refractivity contribution in [1.82, 2.24) is 14.5 Å². The lowest BCUT2D eigenvalue weighted by Crippen LogP contribution is -2.07. The Balaban J connectivity index is 1.60. The predicted molar refractivity (Wildman–Crippen MR) is 130 cm³/mol. The van der Waals surface area contributed by atoms with Gasteiger partial charge < -0.3 is 9.67 Å². The van der Waals surface area contributed by atoms with Crippen LogP contribution in [0.1, 0.15) is 51.8 Å². The third kappa shape index (κ3) is 3.84. The fourth-order valence-electron chi connectivity index (χ4n) is 4.98. The Morgan fingerprint density at radius 2 is 1.79 bits per heavy atom. The summed E-state index contributed by atoms with van der Waals surface area (Å²) in [5.41, 5.74) is 10.4. The second kappa shape index (κ2) is 8.32. The largest absolute Gasteiger partial charge is 0.478 e. The first-order chi connectivity index (χ1) is 15.9. The number of hydrogen-bond donors (Lipinski definition) is 1. The van der Waals surface area contributed by atoms with Crippen molar-refractivity contribution in [1.29, 1.82) is 0 Å². The van der Waals surface area contributed by atoms with Gasteiger partial charge in [0.25, 0.3) is 0 Å². The molecule has 0 saturated carbocycles. The Hall–Kier alpha value is -3.73. The number of carboxylic acids is 1. The SMILES string of the molecule is CCc1nc2c(C)cc(C)nc2n1Cc1ccc2c(c1)CCc1ccccc1C2=CC(=O)O. The molecule has 0 amide bonds. The van der Waals surface area contributed by atoms with Crippen LogP contribution in [0.2, 0.25) is 0 Å². The minimum atomic E-state index is -0.925. The van der Waals surface area contributed by atoms with Gasteiger partial charge in [-0.25, -0.2) is 14.8 Å². The monoisotopic (exact) mass is 437 g/mol. The molecule has 5 nitrogen and oxygen atoms in total. The van der Waals surface area contributed by atoms with E-state index in [1.807, 2.05) is 25.1 Å². The first kappa shape index (κ1) is 21.1. The molecular weight excluding hydrogens is 410 g/mol. The number of carbonyl (C=O) groups is 1. The zero-order valence-corrected chi connectivity index (χ0v) is 19.2. The Bertz CT molecular complexity index is 1430. The number of benzene rings is 2. The zero-order chi connectivity index (χ0) is 23.1. The van der Waals surface area contributed by atoms with E-state index in [0.29, 0.717) is 6.54 Å². The summed E-state index contributed by atoms with van der Waals surface area (Å²) in [5, 5.41) is 9.54. The summed E-state index contributed by atoms with van der Waals surface area (Å²) in [7, 11) is 0. The smallest absolute Gasteiger partial charge is 0.328 e. The van der Waals surface area contributed by atoms with Crippen molar-refractivity contribution < 1.29 is 9.90 Å². The van der Waals surface area contributed by atoms with Crippen LogP contribution in [0.15, 0.2) is 54.6 Å². The number of imidazole rings is 1. The second-order valence-corrected chi connectivity index (χ2v) is 8.77. The summed E-state index contributed by atoms with van der Waals surface area (Å²) in [4.78, 5) is 21.3. The van der Waals surface area contributed by atoms with Gasteiger partial charge in [0.2, 0.25) is 0 Å². The van der Waals surface area contributed by atoms with Gasteiger partial charge in [-0.2, -0.15) is 0 Å². The van der Waals surface area contributed by atoms with Gasteiger partial charge in [-0.05, 0) is 71.7 Å². The first-order valence-electron chi connectivity index (χ1n) is 11.4. The van der Waals surface area contributed by atoms with E-state index < -0.39 is 5.97 Å². The molecule has 5 rings (SSSR count). The highest BCUT2D eigenvalue weighted by atomic mass is 16.4. The summed E-state index contributed by atoms with van der Waals surface area (Å²) < 4.78 is 2.22. The molecule has 33 heavy (non-hydrogen) atoms. The molecule has 0 atom stereocenters. The lowest BCUT2D eigenvalue weighted by molar-refractivity contribution is -0.131. The lowest BCUT2D eigenvalue weighted by atomic mass is 9.92. The molecular formula is C28H27N3O2. The third-order valence-electron chi connectivity index (χ3n) is 6.46. The fraction of sp³-hybridized carbons (Fsp3) is 0.250. The van der Waals surface area contributed by atoms with Gasteiger partial charge >= 0.3 is 5.97 Å². The zero-order valence-electron chi connectivity index (χ0n) is 19.2. The third-order valence-corrected chi connectivity index (χ3v) is 6.46. The molecule has 0 saturated heterocycles. The molecule has 0 spiro atoms. The number of aromatic nitrogens is 3. The van der Waals surface area contributed by atoms with Gasteiger partial charge in [-0.3, -0.25) is 0 Å². The fourth-order valence-corrected chi connectivity index (χ4v) is 4.98. The number of hydrogen-bond acceptors (Lipinski definition) is 3. The molecule has 2 heterocycles. The topological polar surface area (TPSA) is 68.0 Å². The first-order valence-corrected chi connectivity index (χ1v) is 11.4. The highest BCUT2D eigenvalue weighted by Crippen LogP contribution is 2.34. The summed E-state index contributed by atoms with van der Waals surface area (Å²) in [6.07, 6.45) is 3.94. The van der Waals surface area contributed by atoms with E-state index in [9.17, 15) is 9.90 Å². The molecule has 166 valence electrons. The average Bonchev–Trinajstić information content (AvgIpc) is 3.06. The van der Waals surface area contributed by atoms with E-state index in [1.165, 1.54) is 22.8 Å². The standard InChI is InChI=1S/C28H27N3O2/c1-4-25-30-27-17(2)13-18(3)29-28(27)31(25)16-19-9-12-23-21(14-19)11-10-20-7-5-6-8-22(20)24(23)15-26(32)33/h5-9,12-15H,4,10-11,16H2,1-3H3,(H,32,33). The molecule has 0 aliphatic heterocycles. The van der Waals surface area contributed by atoms with Crippen LogP contribution < -0.4 is 0 Å². The number of carboxylic acid groups (broad SMARTS) is 1. The normalized spacial score (nSPS) is 14.2. The molecule has 2 aromatic carbocycles. The van der Waals surface area contributed by atoms with Gasteiger partial charge in [0, 0.05) is 18.2 Å². The summed E-state index contributed by atoms with van der Waals surface area (Å²) in [5.74, 6) is 0.103. The number of aliphatic carboxylic acids is 1. The van der Waals surface area contributed by atoms with E-state index >= 15 is 0 Å². The maximum absolute atomic E-state index is 11.6. The van der Waals surface area contributed by atoms with E-state index in [1.54, 1.807) is 0 Å². The molecule has 2 aromatic heterocycles. The minimum Gasteiger partial charge on any atom is -0.478 e. The van der Waals surface area contributed by atoms with Crippen LogP contribution in [0.5, 0.6) is 0 Å². The summed E-state index contributed by atoms with van der Waals surface area (Å²) in [6, 6.07) is 16.6. The number of pyridine rings is 1. The molecule has 1 aliphatic carbocycles. The van der Waals surface area contributed by atoms with Crippen LogP contribution >= 0.6 is 0 Å². The van der Waals surface area contributed by atoms with Gasteiger partial charge in [0.15, 0.2) is 5.65 Å². The average molecular weight is 438 g/mol. The van der Waals surface area contributed by atoms with E-state index in [0.717, 1.165) is 64.2 Å². The number of nitrogens with zero attached hydrogens (tertiary/aromatic N) is 3. The molecule has 0 radical (unpaired) electrons. The Morgan fingerprint density at radius 3 is 2.58 bits per heavy atom. The van der Waals surface area contributed by atoms with E-state index in [-0.39, 0.29) is 0 Å². The van der Waals surface area contributed by atoms with Crippen LogP contribution in [0.4, 0.5) is 0 Å². The van der Waals surface area contributed by atoms with Crippen LogP contribution in [0.3, 0.4) is 0 Å². The van der Waals surface area contributed by atoms with Crippen LogP contribution in [-0.4, -0.2) is 25.6 Å². The van der Waals surface area contributed by atoms with Crippen molar-refractivity contribution in [2.45, 2.75) is 46.6 Å². The highest BCUT2D eigenvalue weighted by molar-refractivity contribution is 5.97. The highest BCUT2D eigenvalue weighted by Gasteiger charge is 2.20. The Kier molecular flexibility index (Phi) is 5.33. The molecule has 0 bridgehead atoms. The van der Waals surface area contributed by atoms with Crippen LogP contribution in [0, 0.1) is 13.8 Å². The molecule has 1 aliphatic rings. The quantitative estimate of drug-likeness (QED) is 0.442. The summed E-state index contributed by atoms with van der Waals surface area (Å²) >= 11 is 0. The van der Waals surface area contributed by atoms with Crippen molar-refractivity contribution in [3.05, 3.63) is 99.5 Å². The maximum atomic E-state index is 11.6. The van der Waals surface area contributed by atoms with Crippen LogP contribution in [-0.2, 0) is 30.6 Å². The minimum absolute atomic E-state index is 0.688. The number of rotatable bonds is 4. The Morgan fingerprint density at radius 1 is 1.03 bits per heavy atom. The van der Waals surface area contributed by atoms with Gasteiger partial charge in [-0.1, -0.05) is 49.4 Å². The Labute approximate surface area is 193 Å². The van der Waals surface area contributed by atoms with Gasteiger partial charge in [-0.15, -0.1) is 0 Å². The molecule has 4 aromatic rings. The predicted octanol–water partition coefficient (Wildman–Crippen LogP) is 5.27. The molecule has 5 heteroatoms. The van der Waals surface area contributed by atoms with Crippen molar-refractivity contribution in [2.75, 3.05) is 0 Å². The number of aryl methyl sites for hydroxylation is 5. The molecule has 1 N–H and O–H groups in total. The number of fused-ring (bicyclic) bond motifs is 3. The summed E-state index contributed by atoms with van der Waals surface area (Å²) in [6.45, 7) is 6.92. The van der Waals surface area contributed by atoms with Crippen molar-refractivity contribution in [2.24, 2.45) is 0 Å².